The molecule has 0 spiro atoms. The van der Waals surface area contributed by atoms with E-state index < -0.39 is 21.7 Å². The van der Waals surface area contributed by atoms with Crippen molar-refractivity contribution in [1.82, 2.24) is 9.97 Å². The highest BCUT2D eigenvalue weighted by Gasteiger charge is 2.26. The molecule has 0 aromatic carbocycles. The van der Waals surface area contributed by atoms with Gasteiger partial charge in [-0.3, -0.25) is 35.1 Å². The monoisotopic (exact) mass is 857 g/mol. The maximum atomic E-state index is 5.94. The third kappa shape index (κ3) is 26.9. The normalized spacial score (nSPS) is 12.1. The van der Waals surface area contributed by atoms with Gasteiger partial charge in [-0.1, -0.05) is 118 Å². The number of aromatic nitrogens is 2. The van der Waals surface area contributed by atoms with E-state index in [2.05, 4.69) is 34.2 Å². The highest BCUT2D eigenvalue weighted by Crippen LogP contribution is 2.53. The van der Waals surface area contributed by atoms with E-state index in [0.717, 1.165) is 48.6 Å². The second kappa shape index (κ2) is 39.9. The van der Waals surface area contributed by atoms with Gasteiger partial charge < -0.3 is 0 Å². The lowest BCUT2D eigenvalue weighted by molar-refractivity contribution is 0.184. The Morgan fingerprint density at radius 2 is 0.603 bits per heavy atom. The summed E-state index contributed by atoms with van der Waals surface area (Å²) in [5.41, 5.74) is 4.73. The van der Waals surface area contributed by atoms with Gasteiger partial charge in [-0.05, 0) is 115 Å². The number of aryl methyl sites for hydroxylation is 2. The number of pyridine rings is 2. The van der Waals surface area contributed by atoms with Crippen LogP contribution in [-0.2, 0) is 37.9 Å². The van der Waals surface area contributed by atoms with Crippen LogP contribution >= 0.6 is 21.7 Å². The SMILES string of the molecule is CC.CC.CCOS(CCCCCCCCCCCCc1ccnc(-c2cc(CCCCCCCCCCS(OCC)(OCC)OCC)ccn2)c1)(OCC)OCC. The van der Waals surface area contributed by atoms with Gasteiger partial charge in [0.05, 0.1) is 72.8 Å². The molecule has 58 heavy (non-hydrogen) atoms. The Balaban J connectivity index is 0.00000786. The van der Waals surface area contributed by atoms with Crippen molar-refractivity contribution in [3.63, 3.8) is 0 Å². The van der Waals surface area contributed by atoms with Crippen molar-refractivity contribution >= 4 is 21.7 Å². The van der Waals surface area contributed by atoms with Crippen molar-refractivity contribution in [2.45, 2.75) is 198 Å². The third-order valence-corrected chi connectivity index (χ3v) is 14.6. The zero-order valence-corrected chi connectivity index (χ0v) is 41.1. The van der Waals surface area contributed by atoms with Gasteiger partial charge in [-0.2, -0.15) is 0 Å². The van der Waals surface area contributed by atoms with Crippen LogP contribution in [0.3, 0.4) is 0 Å². The number of hydrogen-bond donors (Lipinski definition) is 0. The molecule has 0 aliphatic carbocycles. The van der Waals surface area contributed by atoms with Gasteiger partial charge in [0.15, 0.2) is 0 Å². The van der Waals surface area contributed by atoms with Crippen LogP contribution in [0.5, 0.6) is 0 Å². The number of rotatable bonds is 37. The van der Waals surface area contributed by atoms with Gasteiger partial charge in [0.1, 0.15) is 0 Å². The topological polar surface area (TPSA) is 81.2 Å². The highest BCUT2D eigenvalue weighted by molar-refractivity contribution is 8.22. The van der Waals surface area contributed by atoms with Gasteiger partial charge in [0.25, 0.3) is 0 Å². The highest BCUT2D eigenvalue weighted by atomic mass is 32.3. The largest absolute Gasteiger partial charge is 0.293 e. The minimum Gasteiger partial charge on any atom is -0.293 e. The van der Waals surface area contributed by atoms with Gasteiger partial charge in [0.2, 0.25) is 0 Å². The van der Waals surface area contributed by atoms with Crippen LogP contribution in [-0.4, -0.2) is 61.1 Å². The van der Waals surface area contributed by atoms with Crippen LogP contribution in [0.15, 0.2) is 36.7 Å². The average Bonchev–Trinajstić information content (AvgIpc) is 3.24. The molecule has 8 nitrogen and oxygen atoms in total. The Kier molecular flexibility index (Phi) is 39.0. The summed E-state index contributed by atoms with van der Waals surface area (Å²) >= 11 is 0. The number of nitrogens with zero attached hydrogens (tertiary/aromatic N) is 2. The van der Waals surface area contributed by atoms with Crippen molar-refractivity contribution in [3.8, 4) is 11.4 Å². The van der Waals surface area contributed by atoms with E-state index in [4.69, 9.17) is 25.1 Å². The minimum atomic E-state index is -1.83. The fraction of sp³-hybridized carbons (Fsp3) is 0.792. The number of hydrogen-bond acceptors (Lipinski definition) is 8. The van der Waals surface area contributed by atoms with Crippen molar-refractivity contribution in [3.05, 3.63) is 47.8 Å². The Labute approximate surface area is 363 Å². The Bertz CT molecular complexity index is 1140. The fourth-order valence-corrected chi connectivity index (χ4v) is 11.3. The summed E-state index contributed by atoms with van der Waals surface area (Å²) in [4.78, 5) is 9.37. The molecule has 0 amide bonds. The Hall–Kier alpha value is -1.24. The van der Waals surface area contributed by atoms with Crippen LogP contribution in [0.4, 0.5) is 0 Å². The van der Waals surface area contributed by atoms with Crippen molar-refractivity contribution in [1.29, 1.82) is 0 Å². The van der Waals surface area contributed by atoms with E-state index in [0.29, 0.717) is 39.6 Å². The van der Waals surface area contributed by atoms with E-state index >= 15 is 0 Å². The third-order valence-electron chi connectivity index (χ3n) is 9.42. The van der Waals surface area contributed by atoms with E-state index in [1.807, 2.05) is 81.6 Å². The van der Waals surface area contributed by atoms with Gasteiger partial charge in [-0.15, -0.1) is 0 Å². The lowest BCUT2D eigenvalue weighted by atomic mass is 10.0. The summed E-state index contributed by atoms with van der Waals surface area (Å²) in [7, 11) is -3.65. The molecule has 342 valence electrons. The molecule has 0 saturated heterocycles. The molecule has 0 radical (unpaired) electrons. The van der Waals surface area contributed by atoms with Crippen molar-refractivity contribution < 1.29 is 25.1 Å². The molecular weight excluding hydrogens is 765 g/mol. The first-order valence-electron chi connectivity index (χ1n) is 23.9. The Morgan fingerprint density at radius 3 is 0.862 bits per heavy atom. The molecule has 0 saturated carbocycles. The van der Waals surface area contributed by atoms with Crippen molar-refractivity contribution in [2.75, 3.05) is 51.1 Å². The van der Waals surface area contributed by atoms with Crippen LogP contribution in [0.25, 0.3) is 11.4 Å². The molecule has 0 N–H and O–H groups in total. The standard InChI is InChI=1S/C44H80N2O6S2.2C2H6/c1-7-47-53(48-8-2,49-9-3)37-29-25-21-17-14-13-15-19-23-27-31-41-33-35-45-43(39-41)44-40-42(34-36-46-44)32-28-24-20-16-18-22-26-30-38-54(50-10-4,51-11-5)52-12-6;2*1-2/h33-36,39-40H,7-32,37-38H2,1-6H3;2*1-2H3. The summed E-state index contributed by atoms with van der Waals surface area (Å²) in [6.07, 6.45) is 28.9. The van der Waals surface area contributed by atoms with Crippen LogP contribution in [0.2, 0.25) is 0 Å². The molecule has 2 aromatic rings. The summed E-state index contributed by atoms with van der Waals surface area (Å²) in [6, 6.07) is 8.84. The molecule has 0 unspecified atom stereocenters. The lowest BCUT2D eigenvalue weighted by Gasteiger charge is -2.36. The molecule has 2 heterocycles. The predicted octanol–water partition coefficient (Wildman–Crippen LogP) is 15.6. The molecule has 2 aromatic heterocycles. The van der Waals surface area contributed by atoms with Gasteiger partial charge >= 0.3 is 0 Å². The van der Waals surface area contributed by atoms with E-state index in [-0.39, 0.29) is 0 Å². The summed E-state index contributed by atoms with van der Waals surface area (Å²) in [5, 5.41) is 0. The summed E-state index contributed by atoms with van der Waals surface area (Å²) in [5.74, 6) is 1.76. The summed E-state index contributed by atoms with van der Waals surface area (Å²) in [6.45, 7) is 23.9. The zero-order valence-electron chi connectivity index (χ0n) is 39.4. The summed E-state index contributed by atoms with van der Waals surface area (Å²) < 4.78 is 35.6. The lowest BCUT2D eigenvalue weighted by Crippen LogP contribution is -2.16. The fourth-order valence-electron chi connectivity index (χ4n) is 6.87. The first-order chi connectivity index (χ1) is 28.5. The molecule has 0 fully saturated rings. The maximum absolute atomic E-state index is 5.94. The van der Waals surface area contributed by atoms with Crippen LogP contribution < -0.4 is 0 Å². The van der Waals surface area contributed by atoms with Crippen LogP contribution in [0.1, 0.15) is 196 Å². The van der Waals surface area contributed by atoms with E-state index in [1.165, 1.54) is 114 Å². The predicted molar refractivity (Wildman–Crippen MR) is 255 cm³/mol. The molecule has 0 aliphatic heterocycles. The molecular formula is C48H92N2O6S2. The first-order valence-corrected chi connectivity index (χ1v) is 27.0. The quantitative estimate of drug-likeness (QED) is 0.0622. The van der Waals surface area contributed by atoms with E-state index in [9.17, 15) is 0 Å². The second-order valence-corrected chi connectivity index (χ2v) is 18.4. The van der Waals surface area contributed by atoms with E-state index in [1.54, 1.807) is 0 Å². The average molecular weight is 857 g/mol. The molecule has 0 bridgehead atoms. The minimum absolute atomic E-state index is 0.633. The first kappa shape index (κ1) is 56.8. The number of unbranched alkanes of at least 4 members (excludes halogenated alkanes) is 16. The van der Waals surface area contributed by atoms with Gasteiger partial charge in [0, 0.05) is 23.9 Å². The molecule has 2 rings (SSSR count). The molecule has 0 atom stereocenters. The van der Waals surface area contributed by atoms with Gasteiger partial charge in [-0.25, -0.2) is 0 Å². The Morgan fingerprint density at radius 1 is 0.362 bits per heavy atom. The zero-order chi connectivity index (χ0) is 43.0. The maximum Gasteiger partial charge on any atom is 0.0888 e. The molecule has 0 aliphatic rings. The second-order valence-electron chi connectivity index (χ2n) is 13.9. The smallest absolute Gasteiger partial charge is 0.0888 e. The van der Waals surface area contributed by atoms with Crippen LogP contribution in [0, 0.1) is 0 Å². The molecule has 10 heteroatoms. The van der Waals surface area contributed by atoms with Crippen molar-refractivity contribution in [2.24, 2.45) is 0 Å².